The highest BCUT2D eigenvalue weighted by Gasteiger charge is 2.27. The van der Waals surface area contributed by atoms with Crippen LogP contribution >= 0.6 is 0 Å². The molecule has 0 bridgehead atoms. The van der Waals surface area contributed by atoms with Crippen molar-refractivity contribution in [2.75, 3.05) is 36.0 Å². The summed E-state index contributed by atoms with van der Waals surface area (Å²) in [6.07, 6.45) is 5.30. The van der Waals surface area contributed by atoms with Gasteiger partial charge in [0.1, 0.15) is 5.69 Å². The van der Waals surface area contributed by atoms with Gasteiger partial charge in [0, 0.05) is 26.2 Å². The molecule has 126 valence electrons. The van der Waals surface area contributed by atoms with E-state index in [-0.39, 0.29) is 5.69 Å². The minimum absolute atomic E-state index is 0.112. The Morgan fingerprint density at radius 1 is 1.04 bits per heavy atom. The lowest BCUT2D eigenvalue weighted by Crippen LogP contribution is -2.34. The summed E-state index contributed by atoms with van der Waals surface area (Å²) in [6.45, 7) is 5.46. The third-order valence-electron chi connectivity index (χ3n) is 5.06. The summed E-state index contributed by atoms with van der Waals surface area (Å²) in [5, 5.41) is 11.3. The van der Waals surface area contributed by atoms with E-state index in [1.165, 1.54) is 0 Å². The number of nitro benzene ring substituents is 1. The van der Waals surface area contributed by atoms with Crippen LogP contribution < -0.4 is 9.80 Å². The molecule has 0 saturated carbocycles. The first-order valence-electron chi connectivity index (χ1n) is 8.54. The molecule has 2 saturated heterocycles. The van der Waals surface area contributed by atoms with Crippen LogP contribution in [0.4, 0.5) is 21.5 Å². The number of rotatable bonds is 3. The number of nitrogens with zero attached hydrogens (tertiary/aromatic N) is 3. The van der Waals surface area contributed by atoms with Crippen molar-refractivity contribution in [3.8, 4) is 0 Å². The van der Waals surface area contributed by atoms with Gasteiger partial charge in [0.05, 0.1) is 16.7 Å². The fourth-order valence-corrected chi connectivity index (χ4v) is 3.57. The number of nitro groups is 1. The predicted octanol–water partition coefficient (Wildman–Crippen LogP) is 3.96. The Balaban J connectivity index is 1.95. The van der Waals surface area contributed by atoms with E-state index in [9.17, 15) is 14.5 Å². The van der Waals surface area contributed by atoms with Gasteiger partial charge in [-0.05, 0) is 44.1 Å². The third kappa shape index (κ3) is 3.41. The normalized spacial score (nSPS) is 19.9. The summed E-state index contributed by atoms with van der Waals surface area (Å²) in [5.41, 5.74) is 0.978. The van der Waals surface area contributed by atoms with E-state index in [2.05, 4.69) is 6.92 Å². The van der Waals surface area contributed by atoms with Crippen molar-refractivity contribution in [1.82, 2.24) is 0 Å². The van der Waals surface area contributed by atoms with Crippen LogP contribution in [0.1, 0.15) is 39.0 Å². The summed E-state index contributed by atoms with van der Waals surface area (Å²) in [7, 11) is 0. The molecule has 23 heavy (non-hydrogen) atoms. The summed E-state index contributed by atoms with van der Waals surface area (Å²) < 4.78 is 14.5. The lowest BCUT2D eigenvalue weighted by atomic mass is 9.98. The maximum atomic E-state index is 14.5. The second kappa shape index (κ2) is 6.72. The first kappa shape index (κ1) is 16.0. The molecule has 0 unspecified atom stereocenters. The molecule has 2 aliphatic heterocycles. The SMILES string of the molecule is CC1CCN(c2cc(N3CCCCC3)c([N+](=O)[O-])cc2F)CC1. The minimum Gasteiger partial charge on any atom is -0.369 e. The highest BCUT2D eigenvalue weighted by molar-refractivity contribution is 5.71. The van der Waals surface area contributed by atoms with Crippen LogP contribution in [-0.2, 0) is 0 Å². The number of halogens is 1. The van der Waals surface area contributed by atoms with Crippen molar-refractivity contribution in [3.05, 3.63) is 28.1 Å². The van der Waals surface area contributed by atoms with Gasteiger partial charge in [-0.2, -0.15) is 0 Å². The Bertz CT molecular complexity index is 579. The van der Waals surface area contributed by atoms with Crippen molar-refractivity contribution in [2.24, 2.45) is 5.92 Å². The van der Waals surface area contributed by atoms with Gasteiger partial charge in [0.15, 0.2) is 5.82 Å². The maximum absolute atomic E-state index is 14.5. The summed E-state index contributed by atoms with van der Waals surface area (Å²) >= 11 is 0. The molecular formula is C17H24FN3O2. The topological polar surface area (TPSA) is 49.6 Å². The molecule has 1 aromatic carbocycles. The third-order valence-corrected chi connectivity index (χ3v) is 5.06. The molecule has 0 spiro atoms. The molecule has 0 atom stereocenters. The van der Waals surface area contributed by atoms with Crippen LogP contribution in [-0.4, -0.2) is 31.1 Å². The second-order valence-corrected chi connectivity index (χ2v) is 6.77. The standard InChI is InChI=1S/C17H24FN3O2/c1-13-5-9-20(10-6-13)15-12-16(19-7-3-2-4-8-19)17(21(22)23)11-14(15)18/h11-13H,2-10H2,1H3. The van der Waals surface area contributed by atoms with Crippen molar-refractivity contribution < 1.29 is 9.31 Å². The van der Waals surface area contributed by atoms with E-state index in [0.717, 1.165) is 64.3 Å². The molecule has 2 aliphatic rings. The Morgan fingerprint density at radius 2 is 1.65 bits per heavy atom. The van der Waals surface area contributed by atoms with E-state index < -0.39 is 10.7 Å². The van der Waals surface area contributed by atoms with E-state index in [1.807, 2.05) is 9.80 Å². The Morgan fingerprint density at radius 3 is 2.26 bits per heavy atom. The maximum Gasteiger partial charge on any atom is 0.295 e. The van der Waals surface area contributed by atoms with Gasteiger partial charge < -0.3 is 9.80 Å². The molecule has 5 nitrogen and oxygen atoms in total. The fraction of sp³-hybridized carbons (Fsp3) is 0.647. The molecule has 2 heterocycles. The van der Waals surface area contributed by atoms with Crippen LogP contribution in [0.2, 0.25) is 0 Å². The van der Waals surface area contributed by atoms with E-state index in [1.54, 1.807) is 6.07 Å². The van der Waals surface area contributed by atoms with E-state index >= 15 is 0 Å². The van der Waals surface area contributed by atoms with Crippen LogP contribution in [0.15, 0.2) is 12.1 Å². The first-order chi connectivity index (χ1) is 11.1. The first-order valence-corrected chi connectivity index (χ1v) is 8.54. The monoisotopic (exact) mass is 321 g/mol. The average molecular weight is 321 g/mol. The van der Waals surface area contributed by atoms with Gasteiger partial charge in [0.25, 0.3) is 5.69 Å². The molecule has 3 rings (SSSR count). The summed E-state index contributed by atoms with van der Waals surface area (Å²) in [4.78, 5) is 15.0. The summed E-state index contributed by atoms with van der Waals surface area (Å²) in [6, 6.07) is 2.81. The predicted molar refractivity (Wildman–Crippen MR) is 89.7 cm³/mol. The summed E-state index contributed by atoms with van der Waals surface area (Å²) in [5.74, 6) is 0.181. The van der Waals surface area contributed by atoms with Gasteiger partial charge >= 0.3 is 0 Å². The largest absolute Gasteiger partial charge is 0.369 e. The molecular weight excluding hydrogens is 297 g/mol. The smallest absolute Gasteiger partial charge is 0.295 e. The highest BCUT2D eigenvalue weighted by atomic mass is 19.1. The van der Waals surface area contributed by atoms with Crippen LogP contribution in [0.3, 0.4) is 0 Å². The van der Waals surface area contributed by atoms with E-state index in [4.69, 9.17) is 0 Å². The zero-order valence-electron chi connectivity index (χ0n) is 13.6. The lowest BCUT2D eigenvalue weighted by Gasteiger charge is -2.34. The van der Waals surface area contributed by atoms with Crippen molar-refractivity contribution in [2.45, 2.75) is 39.0 Å². The van der Waals surface area contributed by atoms with Crippen LogP contribution in [0.5, 0.6) is 0 Å². The number of hydrogen-bond donors (Lipinski definition) is 0. The van der Waals surface area contributed by atoms with Crippen LogP contribution in [0.25, 0.3) is 0 Å². The highest BCUT2D eigenvalue weighted by Crippen LogP contribution is 2.37. The molecule has 0 amide bonds. The number of piperidine rings is 2. The van der Waals surface area contributed by atoms with Crippen LogP contribution in [0, 0.1) is 21.8 Å². The Labute approximate surface area is 136 Å². The Kier molecular flexibility index (Phi) is 4.68. The lowest BCUT2D eigenvalue weighted by molar-refractivity contribution is -0.384. The van der Waals surface area contributed by atoms with Crippen molar-refractivity contribution >= 4 is 17.1 Å². The quantitative estimate of drug-likeness (QED) is 0.624. The van der Waals surface area contributed by atoms with E-state index in [0.29, 0.717) is 17.3 Å². The molecule has 0 radical (unpaired) electrons. The van der Waals surface area contributed by atoms with Crippen molar-refractivity contribution in [1.29, 1.82) is 0 Å². The molecule has 6 heteroatoms. The van der Waals surface area contributed by atoms with Gasteiger partial charge in [-0.25, -0.2) is 4.39 Å². The number of benzene rings is 1. The average Bonchev–Trinajstić information content (AvgIpc) is 2.56. The van der Waals surface area contributed by atoms with Gasteiger partial charge in [-0.15, -0.1) is 0 Å². The fourth-order valence-electron chi connectivity index (χ4n) is 3.57. The van der Waals surface area contributed by atoms with Gasteiger partial charge in [0.2, 0.25) is 0 Å². The van der Waals surface area contributed by atoms with Crippen molar-refractivity contribution in [3.63, 3.8) is 0 Å². The zero-order chi connectivity index (χ0) is 16.4. The molecule has 0 aliphatic carbocycles. The second-order valence-electron chi connectivity index (χ2n) is 6.77. The molecule has 2 fully saturated rings. The number of anilines is 2. The zero-order valence-corrected chi connectivity index (χ0v) is 13.6. The minimum atomic E-state index is -0.480. The molecule has 1 aromatic rings. The number of hydrogen-bond acceptors (Lipinski definition) is 4. The Hall–Kier alpha value is -1.85. The van der Waals surface area contributed by atoms with Gasteiger partial charge in [-0.1, -0.05) is 6.92 Å². The molecule has 0 aromatic heterocycles. The van der Waals surface area contributed by atoms with Gasteiger partial charge in [-0.3, -0.25) is 10.1 Å². The molecule has 0 N–H and O–H groups in total.